The zero-order valence-corrected chi connectivity index (χ0v) is 22.0. The number of methoxy groups -OCH3 is 2. The zero-order valence-electron chi connectivity index (χ0n) is 21.1. The minimum Gasteiger partial charge on any atom is -0.493 e. The molecule has 0 spiro atoms. The van der Waals surface area contributed by atoms with Crippen LogP contribution in [0.15, 0.2) is 76.2 Å². The van der Waals surface area contributed by atoms with Crippen LogP contribution in [0.25, 0.3) is 6.08 Å². The molecular weight excluding hydrogens is 492 g/mol. The summed E-state index contributed by atoms with van der Waals surface area (Å²) in [6.45, 7) is 7.74. The molecule has 0 aliphatic carbocycles. The number of ether oxygens (including phenoxy) is 4. The highest BCUT2D eigenvalue weighted by molar-refractivity contribution is 7.07. The first-order chi connectivity index (χ1) is 17.9. The van der Waals surface area contributed by atoms with Gasteiger partial charge in [0.15, 0.2) is 16.3 Å². The number of nitrogens with zero attached hydrogens (tertiary/aromatic N) is 2. The first-order valence-corrected chi connectivity index (χ1v) is 12.5. The molecule has 9 heteroatoms. The maximum Gasteiger partial charge on any atom is 0.338 e. The van der Waals surface area contributed by atoms with Crippen LogP contribution in [-0.4, -0.2) is 38.0 Å². The van der Waals surface area contributed by atoms with Gasteiger partial charge in [0.25, 0.3) is 5.56 Å². The molecule has 0 saturated heterocycles. The van der Waals surface area contributed by atoms with E-state index in [0.717, 1.165) is 11.1 Å². The summed E-state index contributed by atoms with van der Waals surface area (Å²) in [6.07, 6.45) is 3.44. The predicted molar refractivity (Wildman–Crippen MR) is 142 cm³/mol. The summed E-state index contributed by atoms with van der Waals surface area (Å²) < 4.78 is 23.7. The normalized spacial score (nSPS) is 15.0. The Bertz CT molecular complexity index is 1530. The van der Waals surface area contributed by atoms with E-state index in [1.807, 2.05) is 18.2 Å². The van der Waals surface area contributed by atoms with E-state index in [4.69, 9.17) is 18.9 Å². The van der Waals surface area contributed by atoms with Gasteiger partial charge in [0.2, 0.25) is 0 Å². The van der Waals surface area contributed by atoms with Crippen LogP contribution < -0.4 is 29.1 Å². The van der Waals surface area contributed by atoms with Crippen LogP contribution >= 0.6 is 11.3 Å². The summed E-state index contributed by atoms with van der Waals surface area (Å²) in [6, 6.07) is 12.0. The number of allylic oxidation sites excluding steroid dienone is 1. The maximum atomic E-state index is 13.7. The molecule has 0 unspecified atom stereocenters. The number of fused-ring (bicyclic) bond motifs is 1. The Morgan fingerprint density at radius 3 is 2.51 bits per heavy atom. The van der Waals surface area contributed by atoms with Crippen LogP contribution in [0.5, 0.6) is 17.2 Å². The third-order valence-corrected chi connectivity index (χ3v) is 6.77. The van der Waals surface area contributed by atoms with E-state index in [0.29, 0.717) is 44.5 Å². The summed E-state index contributed by atoms with van der Waals surface area (Å²) in [7, 11) is 3.13. The summed E-state index contributed by atoms with van der Waals surface area (Å²) in [5.41, 5.74) is 2.08. The van der Waals surface area contributed by atoms with Crippen molar-refractivity contribution in [1.82, 2.24) is 4.57 Å². The molecule has 192 valence electrons. The molecular formula is C28H28N2O6S. The predicted octanol–water partition coefficient (Wildman–Crippen LogP) is 3.38. The van der Waals surface area contributed by atoms with Gasteiger partial charge in [0.05, 0.1) is 42.7 Å². The van der Waals surface area contributed by atoms with Gasteiger partial charge in [-0.3, -0.25) is 9.36 Å². The summed E-state index contributed by atoms with van der Waals surface area (Å²) in [4.78, 5) is 31.9. The van der Waals surface area contributed by atoms with Gasteiger partial charge >= 0.3 is 5.97 Å². The lowest BCUT2D eigenvalue weighted by atomic mass is 9.96. The molecule has 0 N–H and O–H groups in total. The largest absolute Gasteiger partial charge is 0.493 e. The second kappa shape index (κ2) is 11.3. The zero-order chi connectivity index (χ0) is 26.5. The van der Waals surface area contributed by atoms with E-state index >= 15 is 0 Å². The molecule has 2 heterocycles. The van der Waals surface area contributed by atoms with Crippen LogP contribution in [0, 0.1) is 0 Å². The fourth-order valence-electron chi connectivity index (χ4n) is 4.10. The minimum atomic E-state index is -0.698. The fourth-order valence-corrected chi connectivity index (χ4v) is 5.15. The lowest BCUT2D eigenvalue weighted by Crippen LogP contribution is -2.39. The fraction of sp³-hybridized carbons (Fsp3) is 0.250. The van der Waals surface area contributed by atoms with Gasteiger partial charge < -0.3 is 18.9 Å². The Labute approximate surface area is 218 Å². The molecule has 0 amide bonds. The molecule has 8 nitrogen and oxygen atoms in total. The van der Waals surface area contributed by atoms with Gasteiger partial charge in [0.1, 0.15) is 12.4 Å². The molecule has 2 aromatic carbocycles. The number of rotatable bonds is 9. The minimum absolute atomic E-state index is 0.209. The molecule has 0 bridgehead atoms. The van der Waals surface area contributed by atoms with Crippen molar-refractivity contribution >= 4 is 23.4 Å². The molecule has 37 heavy (non-hydrogen) atoms. The Balaban J connectivity index is 1.87. The number of hydrogen-bond acceptors (Lipinski definition) is 8. The standard InChI is InChI=1S/C28H28N2O6S/c1-6-14-36-20-11-9-19(10-12-20)25-24(27(32)35-7-2)17(3)29-28-30(25)26(31)23(37-28)16-18-8-13-21(33-4)22(15-18)34-5/h6,8-13,15-16,25H,1,7,14H2,2-5H3/t25-/m1/s1. The van der Waals surface area contributed by atoms with Gasteiger partial charge in [-0.25, -0.2) is 9.79 Å². The van der Waals surface area contributed by atoms with Gasteiger partial charge in [0, 0.05) is 0 Å². The second-order valence-corrected chi connectivity index (χ2v) is 9.09. The van der Waals surface area contributed by atoms with Crippen LogP contribution in [0.4, 0.5) is 0 Å². The Hall–Kier alpha value is -4.11. The van der Waals surface area contributed by atoms with E-state index in [1.54, 1.807) is 69.1 Å². The van der Waals surface area contributed by atoms with Crippen molar-refractivity contribution < 1.29 is 23.7 Å². The quantitative estimate of drug-likeness (QED) is 0.318. The molecule has 4 rings (SSSR count). The highest BCUT2D eigenvalue weighted by Gasteiger charge is 2.33. The van der Waals surface area contributed by atoms with Crippen LogP contribution in [0.1, 0.15) is 31.0 Å². The number of esters is 1. The van der Waals surface area contributed by atoms with E-state index in [9.17, 15) is 9.59 Å². The third-order valence-electron chi connectivity index (χ3n) is 5.79. The summed E-state index contributed by atoms with van der Waals surface area (Å²) in [5, 5.41) is 0. The first-order valence-electron chi connectivity index (χ1n) is 11.7. The number of aromatic nitrogens is 1. The molecule has 1 atom stereocenters. The smallest absolute Gasteiger partial charge is 0.338 e. The highest BCUT2D eigenvalue weighted by Crippen LogP contribution is 2.32. The Kier molecular flexibility index (Phi) is 7.93. The lowest BCUT2D eigenvalue weighted by Gasteiger charge is -2.24. The molecule has 0 saturated carbocycles. The van der Waals surface area contributed by atoms with Crippen molar-refractivity contribution in [3.8, 4) is 17.2 Å². The topological polar surface area (TPSA) is 88.4 Å². The van der Waals surface area contributed by atoms with E-state index in [1.165, 1.54) is 11.3 Å². The molecule has 1 aromatic heterocycles. The molecule has 1 aliphatic rings. The molecule has 1 aliphatic heterocycles. The molecule has 0 radical (unpaired) electrons. The van der Waals surface area contributed by atoms with Crippen LogP contribution in [0.3, 0.4) is 0 Å². The number of carbonyl (C=O) groups excluding carboxylic acids is 1. The summed E-state index contributed by atoms with van der Waals surface area (Å²) in [5.74, 6) is 1.30. The SMILES string of the molecule is C=CCOc1ccc([C@@H]2C(C(=O)OCC)=C(C)N=c3sc(=Cc4ccc(OC)c(OC)c4)c(=O)n32)cc1. The van der Waals surface area contributed by atoms with Crippen molar-refractivity contribution in [3.63, 3.8) is 0 Å². The third kappa shape index (κ3) is 5.22. The first kappa shape index (κ1) is 26.0. The number of thiazole rings is 1. The molecule has 3 aromatic rings. The van der Waals surface area contributed by atoms with Gasteiger partial charge in [-0.15, -0.1) is 0 Å². The lowest BCUT2D eigenvalue weighted by molar-refractivity contribution is -0.139. The van der Waals surface area contributed by atoms with Crippen molar-refractivity contribution in [2.24, 2.45) is 4.99 Å². The van der Waals surface area contributed by atoms with E-state index in [2.05, 4.69) is 11.6 Å². The van der Waals surface area contributed by atoms with Crippen LogP contribution in [0.2, 0.25) is 0 Å². The van der Waals surface area contributed by atoms with Gasteiger partial charge in [-0.05, 0) is 55.3 Å². The summed E-state index contributed by atoms with van der Waals surface area (Å²) >= 11 is 1.26. The average Bonchev–Trinajstić information content (AvgIpc) is 3.21. The van der Waals surface area contributed by atoms with Crippen molar-refractivity contribution in [2.45, 2.75) is 19.9 Å². The Morgan fingerprint density at radius 1 is 1.14 bits per heavy atom. The van der Waals surface area contributed by atoms with Crippen molar-refractivity contribution in [2.75, 3.05) is 27.4 Å². The van der Waals surface area contributed by atoms with E-state index < -0.39 is 12.0 Å². The highest BCUT2D eigenvalue weighted by atomic mass is 32.1. The maximum absolute atomic E-state index is 13.7. The van der Waals surface area contributed by atoms with Crippen molar-refractivity contribution in [3.05, 3.63) is 97.2 Å². The van der Waals surface area contributed by atoms with Gasteiger partial charge in [-0.2, -0.15) is 0 Å². The van der Waals surface area contributed by atoms with E-state index in [-0.39, 0.29) is 12.2 Å². The number of benzene rings is 2. The van der Waals surface area contributed by atoms with Gasteiger partial charge in [-0.1, -0.05) is 42.2 Å². The Morgan fingerprint density at radius 2 is 1.86 bits per heavy atom. The van der Waals surface area contributed by atoms with Crippen molar-refractivity contribution in [1.29, 1.82) is 0 Å². The molecule has 0 fully saturated rings. The monoisotopic (exact) mass is 520 g/mol. The number of hydrogen-bond donors (Lipinski definition) is 0. The van der Waals surface area contributed by atoms with Crippen LogP contribution in [-0.2, 0) is 9.53 Å². The second-order valence-electron chi connectivity index (χ2n) is 8.09. The number of carbonyl (C=O) groups is 1. The average molecular weight is 521 g/mol.